The molecule has 0 unspecified atom stereocenters. The molecule has 24 heavy (non-hydrogen) atoms. The Morgan fingerprint density at radius 1 is 1.00 bits per heavy atom. The summed E-state index contributed by atoms with van der Waals surface area (Å²) in [6.45, 7) is 8.34. The highest BCUT2D eigenvalue weighted by Crippen LogP contribution is 2.24. The Hall–Kier alpha value is -2.62. The van der Waals surface area contributed by atoms with Gasteiger partial charge in [0.2, 0.25) is 0 Å². The molecular weight excluding hydrogens is 302 g/mol. The Morgan fingerprint density at radius 3 is 2.21 bits per heavy atom. The fraction of sp³-hybridized carbons (Fsp3) is 0.300. The highest BCUT2D eigenvalue weighted by atomic mass is 16.5. The maximum absolute atomic E-state index is 13.0. The van der Waals surface area contributed by atoms with Gasteiger partial charge < -0.3 is 9.64 Å². The minimum absolute atomic E-state index is 0.124. The van der Waals surface area contributed by atoms with Gasteiger partial charge in [0, 0.05) is 12.1 Å². The molecule has 0 heterocycles. The lowest BCUT2D eigenvalue weighted by atomic mass is 10.1. The minimum atomic E-state index is -0.417. The van der Waals surface area contributed by atoms with Gasteiger partial charge in [-0.25, -0.2) is 4.79 Å². The van der Waals surface area contributed by atoms with Crippen molar-refractivity contribution >= 4 is 17.6 Å². The monoisotopic (exact) mass is 325 g/mol. The van der Waals surface area contributed by atoms with Crippen LogP contribution in [0.15, 0.2) is 42.5 Å². The maximum Gasteiger partial charge on any atom is 0.340 e. The first-order valence-electron chi connectivity index (χ1n) is 8.14. The summed E-state index contributed by atoms with van der Waals surface area (Å²) < 4.78 is 5.11. The first-order valence-corrected chi connectivity index (χ1v) is 8.14. The van der Waals surface area contributed by atoms with Crippen LogP contribution < -0.4 is 4.90 Å². The van der Waals surface area contributed by atoms with Crippen LogP contribution in [0, 0.1) is 13.8 Å². The van der Waals surface area contributed by atoms with Crippen LogP contribution in [0.25, 0.3) is 0 Å². The predicted octanol–water partition coefficient (Wildman–Crippen LogP) is 4.15. The van der Waals surface area contributed by atoms with Crippen molar-refractivity contribution in [3.05, 3.63) is 64.7 Å². The number of nitrogens with zero attached hydrogens (tertiary/aromatic N) is 1. The number of aryl methyl sites for hydroxylation is 2. The van der Waals surface area contributed by atoms with Crippen LogP contribution in [-0.4, -0.2) is 25.0 Å². The Balaban J connectivity index is 2.45. The fourth-order valence-corrected chi connectivity index (χ4v) is 2.77. The number of hydrogen-bond acceptors (Lipinski definition) is 3. The Morgan fingerprint density at radius 2 is 1.62 bits per heavy atom. The van der Waals surface area contributed by atoms with Crippen molar-refractivity contribution in [2.75, 3.05) is 18.1 Å². The van der Waals surface area contributed by atoms with Crippen molar-refractivity contribution in [2.24, 2.45) is 0 Å². The molecule has 0 radical (unpaired) electrons. The normalized spacial score (nSPS) is 10.3. The van der Waals surface area contributed by atoms with Crippen LogP contribution in [0.5, 0.6) is 0 Å². The molecular formula is C20H23NO3. The number of rotatable bonds is 5. The number of amides is 1. The van der Waals surface area contributed by atoms with Gasteiger partial charge in [0.25, 0.3) is 5.91 Å². The summed E-state index contributed by atoms with van der Waals surface area (Å²) in [5.74, 6) is -0.541. The lowest BCUT2D eigenvalue weighted by molar-refractivity contribution is 0.0527. The molecule has 0 saturated carbocycles. The molecule has 2 aromatic rings. The second kappa shape index (κ2) is 7.77. The Kier molecular flexibility index (Phi) is 5.74. The molecule has 0 aliphatic heterocycles. The molecule has 0 bridgehead atoms. The van der Waals surface area contributed by atoms with Gasteiger partial charge in [0.15, 0.2) is 0 Å². The number of benzene rings is 2. The first-order chi connectivity index (χ1) is 11.5. The lowest BCUT2D eigenvalue weighted by Crippen LogP contribution is -2.32. The summed E-state index contributed by atoms with van der Waals surface area (Å²) >= 11 is 0. The zero-order chi connectivity index (χ0) is 17.7. The van der Waals surface area contributed by atoms with E-state index in [1.807, 2.05) is 45.0 Å². The minimum Gasteiger partial charge on any atom is -0.462 e. The van der Waals surface area contributed by atoms with Crippen LogP contribution in [0.2, 0.25) is 0 Å². The predicted molar refractivity (Wildman–Crippen MR) is 95.7 cm³/mol. The standard InChI is InChI=1S/C20H23NO3/c1-5-21(19(22)16-12-14(3)11-15(4)13-16)18-10-8-7-9-17(18)20(23)24-6-2/h7-13H,5-6H2,1-4H3. The molecule has 0 fully saturated rings. The van der Waals surface area contributed by atoms with E-state index < -0.39 is 5.97 Å². The van der Waals surface area contributed by atoms with Crippen LogP contribution in [0.3, 0.4) is 0 Å². The van der Waals surface area contributed by atoms with Gasteiger partial charge >= 0.3 is 5.97 Å². The summed E-state index contributed by atoms with van der Waals surface area (Å²) in [7, 11) is 0. The quantitative estimate of drug-likeness (QED) is 0.776. The van der Waals surface area contributed by atoms with Crippen LogP contribution >= 0.6 is 0 Å². The van der Waals surface area contributed by atoms with E-state index in [4.69, 9.17) is 4.74 Å². The fourth-order valence-electron chi connectivity index (χ4n) is 2.77. The number of anilines is 1. The van der Waals surface area contributed by atoms with E-state index in [1.54, 1.807) is 30.0 Å². The molecule has 126 valence electrons. The van der Waals surface area contributed by atoms with Gasteiger partial charge in [-0.2, -0.15) is 0 Å². The summed E-state index contributed by atoms with van der Waals surface area (Å²) in [6, 6.07) is 12.8. The van der Waals surface area contributed by atoms with E-state index >= 15 is 0 Å². The molecule has 0 N–H and O–H groups in total. The smallest absolute Gasteiger partial charge is 0.340 e. The SMILES string of the molecule is CCOC(=O)c1ccccc1N(CC)C(=O)c1cc(C)cc(C)c1. The lowest BCUT2D eigenvalue weighted by Gasteiger charge is -2.23. The van der Waals surface area contributed by atoms with Crippen molar-refractivity contribution in [1.82, 2.24) is 0 Å². The molecule has 0 atom stereocenters. The van der Waals surface area contributed by atoms with E-state index in [0.717, 1.165) is 11.1 Å². The molecule has 0 saturated heterocycles. The van der Waals surface area contributed by atoms with Gasteiger partial charge in [-0.3, -0.25) is 4.79 Å². The van der Waals surface area contributed by atoms with E-state index in [2.05, 4.69) is 0 Å². The number of esters is 1. The van der Waals surface area contributed by atoms with Crippen molar-refractivity contribution in [1.29, 1.82) is 0 Å². The van der Waals surface area contributed by atoms with Gasteiger partial charge in [-0.1, -0.05) is 29.3 Å². The molecule has 0 aliphatic rings. The number of ether oxygens (including phenoxy) is 1. The average Bonchev–Trinajstić information content (AvgIpc) is 2.55. The molecule has 0 spiro atoms. The first kappa shape index (κ1) is 17.7. The van der Waals surface area contributed by atoms with Gasteiger partial charge in [-0.15, -0.1) is 0 Å². The van der Waals surface area contributed by atoms with E-state index in [1.165, 1.54) is 0 Å². The van der Waals surface area contributed by atoms with E-state index in [9.17, 15) is 9.59 Å². The van der Waals surface area contributed by atoms with Gasteiger partial charge in [0.05, 0.1) is 17.9 Å². The topological polar surface area (TPSA) is 46.6 Å². The van der Waals surface area contributed by atoms with Gasteiger partial charge in [-0.05, 0) is 52.0 Å². The van der Waals surface area contributed by atoms with Crippen molar-refractivity contribution < 1.29 is 14.3 Å². The maximum atomic E-state index is 13.0. The number of carbonyl (C=O) groups excluding carboxylic acids is 2. The molecule has 0 aliphatic carbocycles. The third kappa shape index (κ3) is 3.82. The molecule has 0 aromatic heterocycles. The van der Waals surface area contributed by atoms with E-state index in [-0.39, 0.29) is 5.91 Å². The van der Waals surface area contributed by atoms with E-state index in [0.29, 0.717) is 30.0 Å². The van der Waals surface area contributed by atoms with Crippen molar-refractivity contribution in [2.45, 2.75) is 27.7 Å². The largest absolute Gasteiger partial charge is 0.462 e. The second-order valence-corrected chi connectivity index (χ2v) is 5.66. The molecule has 2 aromatic carbocycles. The molecule has 4 nitrogen and oxygen atoms in total. The highest BCUT2D eigenvalue weighted by molar-refractivity contribution is 6.09. The number of carbonyl (C=O) groups is 2. The Labute approximate surface area is 143 Å². The number of para-hydroxylation sites is 1. The summed E-state index contributed by atoms with van der Waals surface area (Å²) in [5.41, 5.74) is 3.66. The van der Waals surface area contributed by atoms with Crippen LogP contribution in [0.1, 0.15) is 45.7 Å². The number of hydrogen-bond donors (Lipinski definition) is 0. The van der Waals surface area contributed by atoms with Crippen LogP contribution in [0.4, 0.5) is 5.69 Å². The molecule has 2 rings (SSSR count). The highest BCUT2D eigenvalue weighted by Gasteiger charge is 2.22. The molecule has 1 amide bonds. The van der Waals surface area contributed by atoms with Crippen molar-refractivity contribution in [3.63, 3.8) is 0 Å². The third-order valence-electron chi connectivity index (χ3n) is 3.72. The third-order valence-corrected chi connectivity index (χ3v) is 3.72. The Bertz CT molecular complexity index is 732. The van der Waals surface area contributed by atoms with Gasteiger partial charge in [0.1, 0.15) is 0 Å². The zero-order valence-corrected chi connectivity index (χ0v) is 14.6. The molecule has 4 heteroatoms. The second-order valence-electron chi connectivity index (χ2n) is 5.66. The van der Waals surface area contributed by atoms with Crippen LogP contribution in [-0.2, 0) is 4.74 Å². The van der Waals surface area contributed by atoms with Crippen molar-refractivity contribution in [3.8, 4) is 0 Å². The summed E-state index contributed by atoms with van der Waals surface area (Å²) in [5, 5.41) is 0. The average molecular weight is 325 g/mol. The summed E-state index contributed by atoms with van der Waals surface area (Å²) in [4.78, 5) is 26.8. The zero-order valence-electron chi connectivity index (χ0n) is 14.6. The summed E-state index contributed by atoms with van der Waals surface area (Å²) in [6.07, 6.45) is 0.